The first kappa shape index (κ1) is 11.6. The zero-order chi connectivity index (χ0) is 11.5. The second-order valence-electron chi connectivity index (χ2n) is 3.93. The maximum atomic E-state index is 11.4. The molecule has 0 saturated carbocycles. The monoisotopic (exact) mass is 287 g/mol. The Hall–Kier alpha value is -0.880. The summed E-state index contributed by atoms with van der Waals surface area (Å²) in [6.07, 6.45) is 2.51. The van der Waals surface area contributed by atoms with Crippen molar-refractivity contribution in [1.29, 1.82) is 0 Å². The van der Waals surface area contributed by atoms with E-state index in [9.17, 15) is 4.79 Å². The van der Waals surface area contributed by atoms with Crippen LogP contribution < -0.4 is 10.5 Å². The Balaban J connectivity index is 2.14. The molecule has 1 atom stereocenters. The van der Waals surface area contributed by atoms with Crippen molar-refractivity contribution in [3.05, 3.63) is 21.2 Å². The zero-order valence-corrected chi connectivity index (χ0v) is 10.7. The second-order valence-corrected chi connectivity index (χ2v) is 4.72. The molecule has 1 unspecified atom stereocenters. The Morgan fingerprint density at radius 2 is 2.56 bits per heavy atom. The summed E-state index contributed by atoms with van der Waals surface area (Å²) in [6, 6.07) is 0. The number of rotatable bonds is 3. The van der Waals surface area contributed by atoms with E-state index in [1.54, 1.807) is 7.11 Å². The van der Waals surface area contributed by atoms with Crippen molar-refractivity contribution in [3.63, 3.8) is 0 Å². The third-order valence-corrected chi connectivity index (χ3v) is 3.48. The van der Waals surface area contributed by atoms with E-state index in [1.165, 1.54) is 6.33 Å². The van der Waals surface area contributed by atoms with Gasteiger partial charge in [-0.2, -0.15) is 0 Å². The van der Waals surface area contributed by atoms with Crippen LogP contribution in [0.25, 0.3) is 0 Å². The molecule has 2 rings (SSSR count). The van der Waals surface area contributed by atoms with Gasteiger partial charge >= 0.3 is 0 Å². The Bertz CT molecular complexity index is 421. The smallest absolute Gasteiger partial charge is 0.267 e. The summed E-state index contributed by atoms with van der Waals surface area (Å²) in [5, 5.41) is 0. The fraction of sp³-hybridized carbons (Fsp3) is 0.600. The average molecular weight is 288 g/mol. The molecule has 1 fully saturated rings. The van der Waals surface area contributed by atoms with E-state index < -0.39 is 0 Å². The zero-order valence-electron chi connectivity index (χ0n) is 9.07. The molecule has 2 heterocycles. The van der Waals surface area contributed by atoms with Crippen LogP contribution in [-0.2, 0) is 4.74 Å². The highest BCUT2D eigenvalue weighted by molar-refractivity contribution is 9.10. The number of aromatic amines is 1. The highest BCUT2D eigenvalue weighted by atomic mass is 79.9. The molecule has 1 aliphatic rings. The molecule has 1 saturated heterocycles. The van der Waals surface area contributed by atoms with Gasteiger partial charge in [0.2, 0.25) is 0 Å². The van der Waals surface area contributed by atoms with Crippen LogP contribution in [-0.4, -0.2) is 36.8 Å². The van der Waals surface area contributed by atoms with E-state index >= 15 is 0 Å². The van der Waals surface area contributed by atoms with Crippen molar-refractivity contribution >= 4 is 21.7 Å². The van der Waals surface area contributed by atoms with Gasteiger partial charge in [0.15, 0.2) is 0 Å². The molecule has 1 aromatic rings. The highest BCUT2D eigenvalue weighted by Crippen LogP contribution is 2.25. The van der Waals surface area contributed by atoms with Crippen LogP contribution in [0.1, 0.15) is 6.42 Å². The third-order valence-electron chi connectivity index (χ3n) is 2.77. The first-order chi connectivity index (χ1) is 7.72. The Morgan fingerprint density at radius 1 is 1.75 bits per heavy atom. The Labute approximate surface area is 102 Å². The van der Waals surface area contributed by atoms with Crippen molar-refractivity contribution in [2.24, 2.45) is 5.92 Å². The van der Waals surface area contributed by atoms with Gasteiger partial charge in [-0.15, -0.1) is 0 Å². The number of halogens is 1. The quantitative estimate of drug-likeness (QED) is 0.901. The third kappa shape index (κ3) is 2.27. The number of anilines is 1. The van der Waals surface area contributed by atoms with E-state index in [-0.39, 0.29) is 5.56 Å². The molecule has 0 bridgehead atoms. The molecule has 0 aliphatic carbocycles. The average Bonchev–Trinajstić information content (AvgIpc) is 2.71. The van der Waals surface area contributed by atoms with Crippen LogP contribution in [0.5, 0.6) is 0 Å². The van der Waals surface area contributed by atoms with Crippen molar-refractivity contribution < 1.29 is 4.74 Å². The van der Waals surface area contributed by atoms with Gasteiger partial charge in [-0.3, -0.25) is 4.79 Å². The summed E-state index contributed by atoms with van der Waals surface area (Å²) in [5.74, 6) is 1.25. The first-order valence-corrected chi connectivity index (χ1v) is 5.98. The first-order valence-electron chi connectivity index (χ1n) is 5.19. The van der Waals surface area contributed by atoms with Crippen molar-refractivity contribution in [2.45, 2.75) is 6.42 Å². The predicted molar refractivity (Wildman–Crippen MR) is 64.8 cm³/mol. The molecule has 0 radical (unpaired) electrons. The van der Waals surface area contributed by atoms with Gasteiger partial charge < -0.3 is 14.6 Å². The molecule has 1 N–H and O–H groups in total. The number of nitrogens with zero attached hydrogens (tertiary/aromatic N) is 2. The maximum absolute atomic E-state index is 11.4. The molecule has 1 aliphatic heterocycles. The Morgan fingerprint density at radius 3 is 3.31 bits per heavy atom. The summed E-state index contributed by atoms with van der Waals surface area (Å²) >= 11 is 3.27. The lowest BCUT2D eigenvalue weighted by atomic mass is 10.1. The molecule has 1 aromatic heterocycles. The van der Waals surface area contributed by atoms with Crippen LogP contribution in [0.2, 0.25) is 0 Å². The normalized spacial score (nSPS) is 20.4. The van der Waals surface area contributed by atoms with Crippen molar-refractivity contribution in [2.75, 3.05) is 31.7 Å². The van der Waals surface area contributed by atoms with Crippen LogP contribution in [0.15, 0.2) is 15.6 Å². The summed E-state index contributed by atoms with van der Waals surface area (Å²) in [4.78, 5) is 20.3. The minimum atomic E-state index is -0.139. The topological polar surface area (TPSA) is 58.2 Å². The molecule has 0 aromatic carbocycles. The van der Waals surface area contributed by atoms with Crippen LogP contribution in [0.3, 0.4) is 0 Å². The van der Waals surface area contributed by atoms with Crippen LogP contribution in [0.4, 0.5) is 5.82 Å². The summed E-state index contributed by atoms with van der Waals surface area (Å²) in [5.41, 5.74) is -0.139. The van der Waals surface area contributed by atoms with Gasteiger partial charge in [0, 0.05) is 26.1 Å². The number of ether oxygens (including phenoxy) is 1. The van der Waals surface area contributed by atoms with E-state index in [4.69, 9.17) is 4.74 Å². The van der Waals surface area contributed by atoms with Gasteiger partial charge in [0.1, 0.15) is 10.3 Å². The highest BCUT2D eigenvalue weighted by Gasteiger charge is 2.25. The van der Waals surface area contributed by atoms with Crippen LogP contribution >= 0.6 is 15.9 Å². The van der Waals surface area contributed by atoms with Gasteiger partial charge in [-0.25, -0.2) is 4.98 Å². The van der Waals surface area contributed by atoms with Crippen molar-refractivity contribution in [1.82, 2.24) is 9.97 Å². The number of nitrogens with one attached hydrogen (secondary N) is 1. The molecular weight excluding hydrogens is 274 g/mol. The van der Waals surface area contributed by atoms with Gasteiger partial charge in [-0.1, -0.05) is 0 Å². The lowest BCUT2D eigenvalue weighted by molar-refractivity contribution is 0.161. The van der Waals surface area contributed by atoms with E-state index in [0.717, 1.165) is 31.9 Å². The lowest BCUT2D eigenvalue weighted by Crippen LogP contribution is -2.25. The fourth-order valence-corrected chi connectivity index (χ4v) is 2.46. The molecular formula is C10H14BrN3O2. The fourth-order valence-electron chi connectivity index (χ4n) is 1.99. The number of methoxy groups -OCH3 is 1. The standard InChI is InChI=1S/C10H14BrN3O2/c1-16-5-7-2-3-14(4-7)9-8(11)10(15)13-6-12-9/h6-7H,2-5H2,1H3,(H,12,13,15). The number of aromatic nitrogens is 2. The summed E-state index contributed by atoms with van der Waals surface area (Å²) in [7, 11) is 1.71. The molecule has 0 amide bonds. The van der Waals surface area contributed by atoms with Crippen LogP contribution in [0, 0.1) is 5.92 Å². The molecule has 0 spiro atoms. The predicted octanol–water partition coefficient (Wildman–Crippen LogP) is 1.01. The number of hydrogen-bond acceptors (Lipinski definition) is 4. The molecule has 88 valence electrons. The maximum Gasteiger partial charge on any atom is 0.267 e. The van der Waals surface area contributed by atoms with Crippen molar-refractivity contribution in [3.8, 4) is 0 Å². The van der Waals surface area contributed by atoms with E-state index in [0.29, 0.717) is 10.4 Å². The van der Waals surface area contributed by atoms with E-state index in [2.05, 4.69) is 30.8 Å². The second kappa shape index (κ2) is 4.97. The minimum Gasteiger partial charge on any atom is -0.384 e. The minimum absolute atomic E-state index is 0.139. The van der Waals surface area contributed by atoms with Gasteiger partial charge in [0.25, 0.3) is 5.56 Å². The molecule has 5 nitrogen and oxygen atoms in total. The Kier molecular flexibility index (Phi) is 3.60. The van der Waals surface area contributed by atoms with Gasteiger partial charge in [-0.05, 0) is 22.4 Å². The molecule has 16 heavy (non-hydrogen) atoms. The summed E-state index contributed by atoms with van der Waals surface area (Å²) < 4.78 is 5.64. The number of H-pyrrole nitrogens is 1. The number of hydrogen-bond donors (Lipinski definition) is 1. The lowest BCUT2D eigenvalue weighted by Gasteiger charge is -2.17. The largest absolute Gasteiger partial charge is 0.384 e. The van der Waals surface area contributed by atoms with Gasteiger partial charge in [0.05, 0.1) is 12.9 Å². The van der Waals surface area contributed by atoms with E-state index in [1.807, 2.05) is 0 Å². The molecule has 6 heteroatoms. The summed E-state index contributed by atoms with van der Waals surface area (Å²) in [6.45, 7) is 2.57. The SMILES string of the molecule is COCC1CCN(c2nc[nH]c(=O)c2Br)C1.